The lowest BCUT2D eigenvalue weighted by atomic mass is 9.45. The molecule has 0 saturated heterocycles. The molecule has 4 aliphatic carbocycles. The van der Waals surface area contributed by atoms with Crippen LogP contribution in [0.3, 0.4) is 0 Å². The van der Waals surface area contributed by atoms with Crippen molar-refractivity contribution in [1.82, 2.24) is 0 Å². The summed E-state index contributed by atoms with van der Waals surface area (Å²) in [6.07, 6.45) is 6.82. The minimum absolute atomic E-state index is 0.00443. The van der Waals surface area contributed by atoms with Crippen LogP contribution in [0, 0.1) is 34.5 Å². The van der Waals surface area contributed by atoms with Gasteiger partial charge in [0.2, 0.25) is 5.78 Å². The van der Waals surface area contributed by atoms with E-state index in [9.17, 15) is 24.9 Å². The highest BCUT2D eigenvalue weighted by molar-refractivity contribution is 14.1. The summed E-state index contributed by atoms with van der Waals surface area (Å²) in [7, 11) is 0. The molecule has 3 saturated carbocycles. The first kappa shape index (κ1) is 20.7. The summed E-state index contributed by atoms with van der Waals surface area (Å²) < 4.78 is -1.25. The Kier molecular flexibility index (Phi) is 4.78. The summed E-state index contributed by atoms with van der Waals surface area (Å²) in [5, 5.41) is 32.6. The summed E-state index contributed by atoms with van der Waals surface area (Å²) >= 11 is 1.65. The van der Waals surface area contributed by atoms with Gasteiger partial charge in [0, 0.05) is 16.7 Å². The summed E-state index contributed by atoms with van der Waals surface area (Å²) in [5.41, 5.74) is -1.66. The number of aliphatic hydroxyl groups is 3. The highest BCUT2D eigenvalue weighted by Crippen LogP contribution is 2.67. The lowest BCUT2D eigenvalue weighted by Gasteiger charge is -2.60. The lowest BCUT2D eigenvalue weighted by Crippen LogP contribution is -2.62. The number of hydrogen-bond donors (Lipinski definition) is 3. The van der Waals surface area contributed by atoms with Gasteiger partial charge in [-0.1, -0.05) is 32.4 Å². The van der Waals surface area contributed by atoms with Crippen molar-refractivity contribution < 1.29 is 24.9 Å². The maximum atomic E-state index is 12.7. The molecule has 0 heterocycles. The van der Waals surface area contributed by atoms with Gasteiger partial charge in [-0.15, -0.1) is 0 Å². The van der Waals surface area contributed by atoms with E-state index >= 15 is 0 Å². The van der Waals surface area contributed by atoms with Crippen LogP contribution in [-0.4, -0.2) is 42.7 Å². The minimum Gasteiger partial charge on any atom is -0.393 e. The standard InChI is InChI=1S/C22H29IO5/c1-11-8-13-14-5-7-22(28,18(26)19(23)27)21(14,3)10-16(25)17(13)20(2)6-4-12(24)9-15(11)20/h4,6,9,11,13-14,16-17,19,25,27-28H,5,7-8,10H2,1-3H3/t11-,13-,14-,16?,17+,19?,20-,21-,22-/m0/s1. The number of allylic oxidation sites excluding steroid dienone is 4. The van der Waals surface area contributed by atoms with Gasteiger partial charge < -0.3 is 15.3 Å². The number of fused-ring (bicyclic) bond motifs is 5. The van der Waals surface area contributed by atoms with Crippen LogP contribution in [0.2, 0.25) is 0 Å². The first-order valence-electron chi connectivity index (χ1n) is 10.2. The predicted molar refractivity (Wildman–Crippen MR) is 113 cm³/mol. The Bertz CT molecular complexity index is 788. The zero-order valence-corrected chi connectivity index (χ0v) is 18.7. The maximum Gasteiger partial charge on any atom is 0.203 e. The van der Waals surface area contributed by atoms with Gasteiger partial charge in [-0.2, -0.15) is 0 Å². The van der Waals surface area contributed by atoms with Gasteiger partial charge in [-0.05, 0) is 78.2 Å². The molecule has 6 heteroatoms. The van der Waals surface area contributed by atoms with Crippen molar-refractivity contribution >= 4 is 34.2 Å². The van der Waals surface area contributed by atoms with Gasteiger partial charge in [0.15, 0.2) is 9.89 Å². The smallest absolute Gasteiger partial charge is 0.203 e. The minimum atomic E-state index is -1.61. The molecule has 0 aromatic carbocycles. The summed E-state index contributed by atoms with van der Waals surface area (Å²) in [6, 6.07) is 0. The Morgan fingerprint density at radius 3 is 2.68 bits per heavy atom. The van der Waals surface area contributed by atoms with E-state index in [1.807, 2.05) is 13.0 Å². The fourth-order valence-corrected chi connectivity index (χ4v) is 7.87. The second-order valence-corrected chi connectivity index (χ2v) is 11.0. The second kappa shape index (κ2) is 6.46. The van der Waals surface area contributed by atoms with Crippen molar-refractivity contribution in [3.05, 3.63) is 23.8 Å². The largest absolute Gasteiger partial charge is 0.393 e. The summed E-state index contributed by atoms with van der Waals surface area (Å²) in [6.45, 7) is 6.16. The van der Waals surface area contributed by atoms with E-state index in [2.05, 4.69) is 13.8 Å². The van der Waals surface area contributed by atoms with Gasteiger partial charge in [0.1, 0.15) is 5.60 Å². The monoisotopic (exact) mass is 500 g/mol. The Morgan fingerprint density at radius 2 is 2.04 bits per heavy atom. The maximum absolute atomic E-state index is 12.7. The number of Topliss-reactive ketones (excluding diaryl/α,β-unsaturated/α-hetero) is 1. The topological polar surface area (TPSA) is 94.8 Å². The van der Waals surface area contributed by atoms with Crippen LogP contribution in [-0.2, 0) is 9.59 Å². The molecule has 0 aromatic rings. The molecule has 4 rings (SSSR count). The quantitative estimate of drug-likeness (QED) is 0.400. The first-order chi connectivity index (χ1) is 13.0. The molecule has 0 amide bonds. The van der Waals surface area contributed by atoms with E-state index < -0.39 is 27.0 Å². The number of carbonyl (C=O) groups is 2. The highest BCUT2D eigenvalue weighted by Gasteiger charge is 2.69. The van der Waals surface area contributed by atoms with E-state index in [0.717, 1.165) is 12.0 Å². The first-order valence-corrected chi connectivity index (χ1v) is 11.4. The number of rotatable bonds is 2. The molecule has 0 spiro atoms. The Labute approximate surface area is 179 Å². The number of halogens is 1. The van der Waals surface area contributed by atoms with E-state index in [0.29, 0.717) is 19.3 Å². The number of aliphatic hydroxyl groups excluding tert-OH is 2. The van der Waals surface area contributed by atoms with Crippen LogP contribution >= 0.6 is 22.6 Å². The number of ketones is 2. The molecular formula is C22H29IO5. The SMILES string of the molecule is C[C@H]1C[C@@H]2[C@H](C(O)C[C@@]3(C)[C@H]2CC[C@]3(O)C(=O)C(O)I)[C@@]2(C)C=CC(=O)C=C12. The van der Waals surface area contributed by atoms with E-state index in [4.69, 9.17) is 0 Å². The zero-order chi connectivity index (χ0) is 20.6. The van der Waals surface area contributed by atoms with Crippen molar-refractivity contribution in [1.29, 1.82) is 0 Å². The third-order valence-corrected chi connectivity index (χ3v) is 9.16. The van der Waals surface area contributed by atoms with Crippen molar-refractivity contribution in [2.75, 3.05) is 0 Å². The average molecular weight is 500 g/mol. The molecule has 3 fully saturated rings. The highest BCUT2D eigenvalue weighted by atomic mass is 127. The number of carbonyl (C=O) groups excluding carboxylic acids is 2. The summed E-state index contributed by atoms with van der Waals surface area (Å²) in [4.78, 5) is 24.7. The fraction of sp³-hybridized carbons (Fsp3) is 0.727. The van der Waals surface area contributed by atoms with Crippen molar-refractivity contribution in [2.24, 2.45) is 34.5 Å². The van der Waals surface area contributed by atoms with Crippen molar-refractivity contribution in [3.8, 4) is 0 Å². The molecule has 5 nitrogen and oxygen atoms in total. The molecular weight excluding hydrogens is 471 g/mol. The molecule has 4 aliphatic rings. The molecule has 0 aromatic heterocycles. The third kappa shape index (κ3) is 2.53. The van der Waals surface area contributed by atoms with E-state index in [-0.39, 0.29) is 34.9 Å². The Hall–Kier alpha value is -0.570. The predicted octanol–water partition coefficient (Wildman–Crippen LogP) is 2.56. The van der Waals surface area contributed by atoms with Gasteiger partial charge >= 0.3 is 0 Å². The van der Waals surface area contributed by atoms with Crippen LogP contribution in [0.5, 0.6) is 0 Å². The average Bonchev–Trinajstić information content (AvgIpc) is 2.87. The van der Waals surface area contributed by atoms with Crippen molar-refractivity contribution in [2.45, 2.75) is 62.3 Å². The third-order valence-electron chi connectivity index (χ3n) is 8.59. The van der Waals surface area contributed by atoms with Crippen LogP contribution in [0.25, 0.3) is 0 Å². The molecule has 28 heavy (non-hydrogen) atoms. The van der Waals surface area contributed by atoms with Gasteiger partial charge in [-0.3, -0.25) is 9.59 Å². The van der Waals surface area contributed by atoms with Crippen LogP contribution in [0.15, 0.2) is 23.8 Å². The zero-order valence-electron chi connectivity index (χ0n) is 16.6. The molecule has 3 N–H and O–H groups in total. The van der Waals surface area contributed by atoms with Crippen LogP contribution in [0.1, 0.15) is 46.5 Å². The normalized spacial score (nSPS) is 51.0. The van der Waals surface area contributed by atoms with Crippen LogP contribution in [0.4, 0.5) is 0 Å². The van der Waals surface area contributed by atoms with Crippen LogP contribution < -0.4 is 0 Å². The van der Waals surface area contributed by atoms with Gasteiger partial charge in [0.25, 0.3) is 0 Å². The second-order valence-electron chi connectivity index (χ2n) is 9.84. The molecule has 2 unspecified atom stereocenters. The van der Waals surface area contributed by atoms with E-state index in [1.165, 1.54) is 0 Å². The number of hydrogen-bond acceptors (Lipinski definition) is 5. The van der Waals surface area contributed by atoms with E-state index in [1.54, 1.807) is 34.7 Å². The Morgan fingerprint density at radius 1 is 1.36 bits per heavy atom. The fourth-order valence-electron chi connectivity index (χ4n) is 7.36. The Balaban J connectivity index is 1.77. The molecule has 0 aliphatic heterocycles. The molecule has 154 valence electrons. The molecule has 0 radical (unpaired) electrons. The van der Waals surface area contributed by atoms with Gasteiger partial charge in [-0.25, -0.2) is 0 Å². The lowest BCUT2D eigenvalue weighted by molar-refractivity contribution is -0.180. The molecule has 0 bridgehead atoms. The summed E-state index contributed by atoms with van der Waals surface area (Å²) in [5.74, 6) is -0.130. The molecule has 9 atom stereocenters. The van der Waals surface area contributed by atoms with Crippen molar-refractivity contribution in [3.63, 3.8) is 0 Å². The number of alkyl halides is 1. The van der Waals surface area contributed by atoms with Gasteiger partial charge in [0.05, 0.1) is 6.10 Å².